The summed E-state index contributed by atoms with van der Waals surface area (Å²) in [5.41, 5.74) is 0.361. The highest BCUT2D eigenvalue weighted by atomic mass is 32.2. The van der Waals surface area contributed by atoms with Gasteiger partial charge in [-0.15, -0.1) is 0 Å². The van der Waals surface area contributed by atoms with Gasteiger partial charge >= 0.3 is 12.1 Å². The third kappa shape index (κ3) is 6.67. The van der Waals surface area contributed by atoms with Crippen LogP contribution in [0.2, 0.25) is 0 Å². The normalized spacial score (nSPS) is 11.6. The summed E-state index contributed by atoms with van der Waals surface area (Å²) in [5.74, 6) is -1.43. The van der Waals surface area contributed by atoms with Crippen LogP contribution in [0.5, 0.6) is 0 Å². The lowest BCUT2D eigenvalue weighted by molar-refractivity contribution is -0.137. The van der Waals surface area contributed by atoms with Gasteiger partial charge in [0.2, 0.25) is 5.91 Å². The molecule has 0 fully saturated rings. The number of anilines is 2. The molecule has 0 atom stereocenters. The summed E-state index contributed by atoms with van der Waals surface area (Å²) in [6.07, 6.45) is -4.72. The lowest BCUT2D eigenvalue weighted by atomic mass is 10.1. The molecular weight excluding hydrogens is 509 g/mol. The first-order valence-corrected chi connectivity index (χ1v) is 12.6. The smallest absolute Gasteiger partial charge is 0.416 e. The minimum Gasteiger partial charge on any atom is -0.462 e. The van der Waals surface area contributed by atoms with Crippen LogP contribution in [-0.2, 0) is 25.7 Å². The third-order valence-electron chi connectivity index (χ3n) is 5.38. The van der Waals surface area contributed by atoms with Crippen molar-refractivity contribution >= 4 is 33.3 Å². The molecule has 0 aliphatic carbocycles. The molecule has 0 aliphatic heterocycles. The molecular formula is C26H25F3N2O5S. The highest BCUT2D eigenvalue weighted by Crippen LogP contribution is 2.33. The van der Waals surface area contributed by atoms with Crippen LogP contribution in [0.25, 0.3) is 0 Å². The number of alkyl halides is 3. The van der Waals surface area contributed by atoms with Crippen LogP contribution in [0.1, 0.15) is 34.0 Å². The summed E-state index contributed by atoms with van der Waals surface area (Å²) in [5, 5.41) is 2.55. The van der Waals surface area contributed by atoms with Gasteiger partial charge < -0.3 is 10.1 Å². The van der Waals surface area contributed by atoms with Crippen molar-refractivity contribution in [2.45, 2.75) is 31.8 Å². The number of hydrogen-bond donors (Lipinski definition) is 1. The minimum atomic E-state index is -4.72. The van der Waals surface area contributed by atoms with Crippen molar-refractivity contribution in [3.63, 3.8) is 0 Å². The van der Waals surface area contributed by atoms with Crippen LogP contribution in [0.15, 0.2) is 71.6 Å². The van der Waals surface area contributed by atoms with Crippen LogP contribution < -0.4 is 9.62 Å². The van der Waals surface area contributed by atoms with E-state index in [-0.39, 0.29) is 28.4 Å². The van der Waals surface area contributed by atoms with Crippen molar-refractivity contribution < 1.29 is 35.9 Å². The molecule has 37 heavy (non-hydrogen) atoms. The molecule has 3 aromatic rings. The number of halogens is 3. The van der Waals surface area contributed by atoms with Crippen LogP contribution in [-0.4, -0.2) is 33.4 Å². The molecule has 0 saturated heterocycles. The average Bonchev–Trinajstić information content (AvgIpc) is 2.84. The summed E-state index contributed by atoms with van der Waals surface area (Å²) >= 11 is 0. The molecule has 0 radical (unpaired) electrons. The topological polar surface area (TPSA) is 92.8 Å². The Hall–Kier alpha value is -3.86. The van der Waals surface area contributed by atoms with Crippen LogP contribution >= 0.6 is 0 Å². The minimum absolute atomic E-state index is 0.150. The van der Waals surface area contributed by atoms with E-state index in [9.17, 15) is 31.2 Å². The van der Waals surface area contributed by atoms with Gasteiger partial charge in [0.25, 0.3) is 10.0 Å². The number of nitrogens with zero attached hydrogens (tertiary/aromatic N) is 1. The van der Waals surface area contributed by atoms with Gasteiger partial charge in [-0.25, -0.2) is 13.2 Å². The van der Waals surface area contributed by atoms with Crippen molar-refractivity contribution in [1.29, 1.82) is 0 Å². The van der Waals surface area contributed by atoms with Crippen LogP contribution in [0.4, 0.5) is 24.5 Å². The Labute approximate surface area is 212 Å². The van der Waals surface area contributed by atoms with Crippen molar-refractivity contribution in [2.24, 2.45) is 0 Å². The quantitative estimate of drug-likeness (QED) is 0.394. The van der Waals surface area contributed by atoms with Crippen molar-refractivity contribution in [2.75, 3.05) is 22.8 Å². The van der Waals surface area contributed by atoms with Crippen molar-refractivity contribution in [3.8, 4) is 0 Å². The van der Waals surface area contributed by atoms with Gasteiger partial charge in [-0.2, -0.15) is 13.2 Å². The highest BCUT2D eigenvalue weighted by molar-refractivity contribution is 7.92. The fraction of sp³-hybridized carbons (Fsp3) is 0.231. The summed E-state index contributed by atoms with van der Waals surface area (Å²) in [4.78, 5) is 24.9. The number of carbonyl (C=O) groups excluding carboxylic acids is 2. The van der Waals surface area contributed by atoms with E-state index >= 15 is 0 Å². The Morgan fingerprint density at radius 1 is 0.973 bits per heavy atom. The summed E-state index contributed by atoms with van der Waals surface area (Å²) in [6.45, 7) is 4.39. The maximum Gasteiger partial charge on any atom is 0.416 e. The zero-order valence-electron chi connectivity index (χ0n) is 20.3. The van der Waals surface area contributed by atoms with Gasteiger partial charge in [0, 0.05) is 5.69 Å². The highest BCUT2D eigenvalue weighted by Gasteiger charge is 2.33. The zero-order chi connectivity index (χ0) is 27.4. The first kappa shape index (κ1) is 27.7. The lowest BCUT2D eigenvalue weighted by Gasteiger charge is -2.25. The SMILES string of the molecule is CCOC(=O)c1ccc(C)c(NC(=O)CN(c2cccc(C(F)(F)F)c2)S(=O)(=O)c2ccc(C)cc2)c1. The molecule has 11 heteroatoms. The van der Waals surface area contributed by atoms with E-state index in [0.29, 0.717) is 15.9 Å². The molecule has 0 aromatic heterocycles. The number of esters is 1. The first-order chi connectivity index (χ1) is 17.3. The van der Waals surface area contributed by atoms with Gasteiger partial charge in [0.1, 0.15) is 6.54 Å². The number of amides is 1. The number of ether oxygens (including phenoxy) is 1. The lowest BCUT2D eigenvalue weighted by Crippen LogP contribution is -2.38. The number of carbonyl (C=O) groups is 2. The van der Waals surface area contributed by atoms with E-state index in [4.69, 9.17) is 4.74 Å². The Balaban J connectivity index is 1.99. The molecule has 0 unspecified atom stereocenters. The first-order valence-electron chi connectivity index (χ1n) is 11.2. The molecule has 0 saturated carbocycles. The van der Waals surface area contributed by atoms with E-state index in [1.807, 2.05) is 0 Å². The third-order valence-corrected chi connectivity index (χ3v) is 7.17. The Morgan fingerprint density at radius 2 is 1.65 bits per heavy atom. The second-order valence-electron chi connectivity index (χ2n) is 8.17. The van der Waals surface area contributed by atoms with E-state index in [1.54, 1.807) is 39.0 Å². The number of benzene rings is 3. The number of aryl methyl sites for hydroxylation is 2. The van der Waals surface area contributed by atoms with Gasteiger partial charge in [-0.3, -0.25) is 9.10 Å². The van der Waals surface area contributed by atoms with Gasteiger partial charge in [-0.05, 0) is 68.8 Å². The number of rotatable bonds is 8. The number of hydrogen-bond acceptors (Lipinski definition) is 5. The molecule has 3 rings (SSSR count). The van der Waals surface area contributed by atoms with E-state index in [2.05, 4.69) is 5.32 Å². The average molecular weight is 535 g/mol. The molecule has 0 bridgehead atoms. The zero-order valence-corrected chi connectivity index (χ0v) is 21.1. The summed E-state index contributed by atoms with van der Waals surface area (Å²) in [7, 11) is -4.43. The standard InChI is InChI=1S/C26H25F3N2O5S/c1-4-36-25(33)19-11-10-18(3)23(14-19)30-24(32)16-31(21-7-5-6-20(15-21)26(27,28)29)37(34,35)22-12-8-17(2)9-13-22/h5-15H,4,16H2,1-3H3,(H,30,32). The molecule has 0 heterocycles. The molecule has 7 nitrogen and oxygen atoms in total. The fourth-order valence-electron chi connectivity index (χ4n) is 3.41. The molecule has 1 amide bonds. The maximum absolute atomic E-state index is 13.5. The number of sulfonamides is 1. The molecule has 196 valence electrons. The van der Waals surface area contributed by atoms with E-state index < -0.39 is 40.2 Å². The Kier molecular flexibility index (Phi) is 8.27. The molecule has 1 N–H and O–H groups in total. The predicted molar refractivity (Wildman–Crippen MR) is 133 cm³/mol. The van der Waals surface area contributed by atoms with Crippen molar-refractivity contribution in [1.82, 2.24) is 0 Å². The Morgan fingerprint density at radius 3 is 2.27 bits per heavy atom. The van der Waals surface area contributed by atoms with E-state index in [0.717, 1.165) is 17.7 Å². The van der Waals surface area contributed by atoms with Gasteiger partial charge in [0.05, 0.1) is 28.3 Å². The number of nitrogens with one attached hydrogen (secondary N) is 1. The molecule has 0 spiro atoms. The Bertz CT molecular complexity index is 1400. The largest absolute Gasteiger partial charge is 0.462 e. The molecule has 0 aliphatic rings. The summed E-state index contributed by atoms with van der Waals surface area (Å²) in [6, 6.07) is 13.9. The molecule has 3 aromatic carbocycles. The van der Waals surface area contributed by atoms with Gasteiger partial charge in [-0.1, -0.05) is 29.8 Å². The fourth-order valence-corrected chi connectivity index (χ4v) is 4.82. The maximum atomic E-state index is 13.5. The van der Waals surface area contributed by atoms with Gasteiger partial charge in [0.15, 0.2) is 0 Å². The van der Waals surface area contributed by atoms with Crippen molar-refractivity contribution in [3.05, 3.63) is 89.0 Å². The second-order valence-corrected chi connectivity index (χ2v) is 10.0. The summed E-state index contributed by atoms with van der Waals surface area (Å²) < 4.78 is 72.6. The monoisotopic (exact) mass is 534 g/mol. The van der Waals surface area contributed by atoms with Crippen LogP contribution in [0.3, 0.4) is 0 Å². The second kappa shape index (κ2) is 11.0. The predicted octanol–water partition coefficient (Wildman–Crippen LogP) is 5.33. The van der Waals surface area contributed by atoms with E-state index in [1.165, 1.54) is 30.3 Å². The van der Waals surface area contributed by atoms with Crippen LogP contribution in [0, 0.1) is 13.8 Å².